The van der Waals surface area contributed by atoms with E-state index >= 15 is 0 Å². The molecule has 0 saturated heterocycles. The van der Waals surface area contributed by atoms with E-state index in [2.05, 4.69) is 42.2 Å². The van der Waals surface area contributed by atoms with Crippen molar-refractivity contribution in [1.29, 1.82) is 0 Å². The lowest BCUT2D eigenvalue weighted by Gasteiger charge is -2.29. The molecule has 0 bridgehead atoms. The SMILES string of the molecule is CCCc1cc(C(=O)N2CCCc3cc(C)ccc32)n[nH]1. The van der Waals surface area contributed by atoms with Crippen molar-refractivity contribution >= 4 is 11.6 Å². The van der Waals surface area contributed by atoms with Crippen molar-refractivity contribution in [3.63, 3.8) is 0 Å². The van der Waals surface area contributed by atoms with Crippen LogP contribution in [0.4, 0.5) is 5.69 Å². The van der Waals surface area contributed by atoms with E-state index in [4.69, 9.17) is 0 Å². The summed E-state index contributed by atoms with van der Waals surface area (Å²) >= 11 is 0. The van der Waals surface area contributed by atoms with Gasteiger partial charge in [0, 0.05) is 17.9 Å². The summed E-state index contributed by atoms with van der Waals surface area (Å²) in [6, 6.07) is 8.19. The van der Waals surface area contributed by atoms with E-state index < -0.39 is 0 Å². The summed E-state index contributed by atoms with van der Waals surface area (Å²) in [4.78, 5) is 14.6. The van der Waals surface area contributed by atoms with Crippen LogP contribution in [0.15, 0.2) is 24.3 Å². The average Bonchev–Trinajstić information content (AvgIpc) is 2.94. The van der Waals surface area contributed by atoms with Crippen LogP contribution >= 0.6 is 0 Å². The van der Waals surface area contributed by atoms with Crippen LogP contribution < -0.4 is 4.90 Å². The van der Waals surface area contributed by atoms with Crippen molar-refractivity contribution in [3.8, 4) is 0 Å². The van der Waals surface area contributed by atoms with E-state index in [1.165, 1.54) is 11.1 Å². The van der Waals surface area contributed by atoms with Crippen molar-refractivity contribution in [1.82, 2.24) is 10.2 Å². The second kappa shape index (κ2) is 5.72. The highest BCUT2D eigenvalue weighted by Gasteiger charge is 2.25. The van der Waals surface area contributed by atoms with Crippen molar-refractivity contribution in [3.05, 3.63) is 46.8 Å². The van der Waals surface area contributed by atoms with Crippen LogP contribution in [-0.2, 0) is 12.8 Å². The molecule has 0 unspecified atom stereocenters. The van der Waals surface area contributed by atoms with E-state index in [9.17, 15) is 4.79 Å². The van der Waals surface area contributed by atoms with Crippen molar-refractivity contribution in [2.24, 2.45) is 0 Å². The Bertz CT molecular complexity index is 660. The van der Waals surface area contributed by atoms with Crippen LogP contribution in [0.25, 0.3) is 0 Å². The molecule has 3 rings (SSSR count). The van der Waals surface area contributed by atoms with Gasteiger partial charge in [-0.2, -0.15) is 5.10 Å². The Morgan fingerprint density at radius 3 is 3.05 bits per heavy atom. The first-order chi connectivity index (χ1) is 10.2. The fourth-order valence-electron chi connectivity index (χ4n) is 2.94. The van der Waals surface area contributed by atoms with Crippen LogP contribution in [-0.4, -0.2) is 22.6 Å². The molecule has 21 heavy (non-hydrogen) atoms. The monoisotopic (exact) mass is 283 g/mol. The highest BCUT2D eigenvalue weighted by molar-refractivity contribution is 6.05. The molecule has 4 heteroatoms. The number of anilines is 1. The number of benzene rings is 1. The third kappa shape index (κ3) is 2.71. The number of fused-ring (bicyclic) bond motifs is 1. The molecule has 0 aliphatic carbocycles. The van der Waals surface area contributed by atoms with E-state index in [1.807, 2.05) is 11.0 Å². The minimum Gasteiger partial charge on any atom is -0.307 e. The number of nitrogens with one attached hydrogen (secondary N) is 1. The minimum absolute atomic E-state index is 0.00148. The molecule has 2 heterocycles. The van der Waals surface area contributed by atoms with Gasteiger partial charge in [0.25, 0.3) is 5.91 Å². The molecule has 110 valence electrons. The molecule has 0 spiro atoms. The van der Waals surface area contributed by atoms with Gasteiger partial charge in [0.15, 0.2) is 5.69 Å². The molecule has 0 fully saturated rings. The highest BCUT2D eigenvalue weighted by atomic mass is 16.2. The number of nitrogens with zero attached hydrogens (tertiary/aromatic N) is 2. The molecule has 0 radical (unpaired) electrons. The normalized spacial score (nSPS) is 14.1. The second-order valence-corrected chi connectivity index (χ2v) is 5.72. The lowest BCUT2D eigenvalue weighted by molar-refractivity contribution is 0.0980. The summed E-state index contributed by atoms with van der Waals surface area (Å²) in [5, 5.41) is 7.15. The number of amides is 1. The fourth-order valence-corrected chi connectivity index (χ4v) is 2.94. The lowest BCUT2D eigenvalue weighted by Crippen LogP contribution is -2.35. The third-order valence-corrected chi connectivity index (χ3v) is 3.97. The first-order valence-corrected chi connectivity index (χ1v) is 7.64. The van der Waals surface area contributed by atoms with Gasteiger partial charge in [0.05, 0.1) is 0 Å². The van der Waals surface area contributed by atoms with Crippen LogP contribution in [0.1, 0.15) is 47.1 Å². The van der Waals surface area contributed by atoms with E-state index in [0.29, 0.717) is 5.69 Å². The third-order valence-electron chi connectivity index (χ3n) is 3.97. The predicted octanol–water partition coefficient (Wildman–Crippen LogP) is 3.26. The Morgan fingerprint density at radius 2 is 2.24 bits per heavy atom. The van der Waals surface area contributed by atoms with E-state index in [1.54, 1.807) is 0 Å². The second-order valence-electron chi connectivity index (χ2n) is 5.72. The zero-order valence-corrected chi connectivity index (χ0v) is 12.6. The smallest absolute Gasteiger partial charge is 0.278 e. The van der Waals surface area contributed by atoms with Crippen molar-refractivity contribution in [2.75, 3.05) is 11.4 Å². The van der Waals surface area contributed by atoms with Crippen LogP contribution in [0.3, 0.4) is 0 Å². The van der Waals surface area contributed by atoms with Gasteiger partial charge >= 0.3 is 0 Å². The largest absolute Gasteiger partial charge is 0.307 e. The molecule has 1 aromatic heterocycles. The van der Waals surface area contributed by atoms with Crippen molar-refractivity contribution < 1.29 is 4.79 Å². The Balaban J connectivity index is 1.88. The molecule has 1 aromatic carbocycles. The maximum Gasteiger partial charge on any atom is 0.278 e. The number of rotatable bonds is 3. The molecule has 0 saturated carbocycles. The predicted molar refractivity (Wildman–Crippen MR) is 83.8 cm³/mol. The molecule has 1 N–H and O–H groups in total. The van der Waals surface area contributed by atoms with Crippen molar-refractivity contribution in [2.45, 2.75) is 39.5 Å². The molecular formula is C17H21N3O. The number of hydrogen-bond acceptors (Lipinski definition) is 2. The van der Waals surface area contributed by atoms with Gasteiger partial charge in [-0.05, 0) is 43.9 Å². The number of hydrogen-bond donors (Lipinski definition) is 1. The molecule has 0 atom stereocenters. The average molecular weight is 283 g/mol. The van der Waals surface area contributed by atoms with Crippen LogP contribution in [0.2, 0.25) is 0 Å². The van der Waals surface area contributed by atoms with Gasteiger partial charge in [0.2, 0.25) is 0 Å². The Hall–Kier alpha value is -2.10. The van der Waals surface area contributed by atoms with E-state index in [0.717, 1.165) is 43.6 Å². The zero-order valence-electron chi connectivity index (χ0n) is 12.6. The van der Waals surface area contributed by atoms with Gasteiger partial charge in [-0.15, -0.1) is 0 Å². The van der Waals surface area contributed by atoms with Gasteiger partial charge in [-0.1, -0.05) is 31.0 Å². The minimum atomic E-state index is -0.00148. The van der Waals surface area contributed by atoms with Gasteiger partial charge in [-0.3, -0.25) is 9.89 Å². The van der Waals surface area contributed by atoms with E-state index in [-0.39, 0.29) is 5.91 Å². The summed E-state index contributed by atoms with van der Waals surface area (Å²) in [5.74, 6) is -0.00148. The van der Waals surface area contributed by atoms with Gasteiger partial charge in [0.1, 0.15) is 0 Å². The molecule has 1 amide bonds. The summed E-state index contributed by atoms with van der Waals surface area (Å²) in [6.45, 7) is 4.97. The Kier molecular flexibility index (Phi) is 3.78. The number of aromatic nitrogens is 2. The molecular weight excluding hydrogens is 262 g/mol. The fraction of sp³-hybridized carbons (Fsp3) is 0.412. The summed E-state index contributed by atoms with van der Waals surface area (Å²) < 4.78 is 0. The summed E-state index contributed by atoms with van der Waals surface area (Å²) in [6.07, 6.45) is 4.02. The van der Waals surface area contributed by atoms with Crippen LogP contribution in [0, 0.1) is 6.92 Å². The Morgan fingerprint density at radius 1 is 1.38 bits per heavy atom. The number of aryl methyl sites for hydroxylation is 3. The van der Waals surface area contributed by atoms with Gasteiger partial charge in [-0.25, -0.2) is 0 Å². The zero-order chi connectivity index (χ0) is 14.8. The lowest BCUT2D eigenvalue weighted by atomic mass is 9.99. The van der Waals surface area contributed by atoms with Crippen LogP contribution in [0.5, 0.6) is 0 Å². The maximum absolute atomic E-state index is 12.7. The maximum atomic E-state index is 12.7. The van der Waals surface area contributed by atoms with Gasteiger partial charge < -0.3 is 4.90 Å². The summed E-state index contributed by atoms with van der Waals surface area (Å²) in [5.41, 5.74) is 5.10. The summed E-state index contributed by atoms with van der Waals surface area (Å²) in [7, 11) is 0. The molecule has 1 aliphatic rings. The molecule has 1 aliphatic heterocycles. The number of aromatic amines is 1. The highest BCUT2D eigenvalue weighted by Crippen LogP contribution is 2.29. The molecule has 2 aromatic rings. The number of carbonyl (C=O) groups is 1. The quantitative estimate of drug-likeness (QED) is 0.940. The number of H-pyrrole nitrogens is 1. The Labute approximate surface area is 125 Å². The first kappa shape index (κ1) is 13.9. The standard InChI is InChI=1S/C17H21N3O/c1-3-5-14-11-15(19-18-14)17(21)20-9-4-6-13-10-12(2)7-8-16(13)20/h7-8,10-11H,3-6,9H2,1-2H3,(H,18,19). The number of carbonyl (C=O) groups excluding carboxylic acids is 1. The topological polar surface area (TPSA) is 49.0 Å². The molecule has 4 nitrogen and oxygen atoms in total. The first-order valence-electron chi connectivity index (χ1n) is 7.64.